The van der Waals surface area contributed by atoms with E-state index >= 15 is 0 Å². The zero-order valence-corrected chi connectivity index (χ0v) is 6.11. The van der Waals surface area contributed by atoms with Gasteiger partial charge in [0.05, 0.1) is 0 Å². The molecule has 0 amide bonds. The fourth-order valence-electron chi connectivity index (χ4n) is 1.37. The van der Waals surface area contributed by atoms with E-state index in [1.165, 1.54) is 19.3 Å². The van der Waals surface area contributed by atoms with Crippen molar-refractivity contribution >= 4 is 0 Å². The molecule has 3 N–H and O–H groups in total. The summed E-state index contributed by atoms with van der Waals surface area (Å²) in [4.78, 5) is 0. The van der Waals surface area contributed by atoms with Crippen LogP contribution in [0.15, 0.2) is 0 Å². The molecule has 2 nitrogen and oxygen atoms in total. The Morgan fingerprint density at radius 1 is 1.56 bits per heavy atom. The highest BCUT2D eigenvalue weighted by Crippen LogP contribution is 2.47. The van der Waals surface area contributed by atoms with Gasteiger partial charge in [-0.05, 0) is 38.3 Å². The second kappa shape index (κ2) is 2.67. The summed E-state index contributed by atoms with van der Waals surface area (Å²) in [6.07, 6.45) is 3.96. The first-order chi connectivity index (χ1) is 4.33. The summed E-state index contributed by atoms with van der Waals surface area (Å²) >= 11 is 0. The molecule has 0 unspecified atom stereocenters. The van der Waals surface area contributed by atoms with Crippen molar-refractivity contribution in [2.75, 3.05) is 20.1 Å². The molecule has 0 atom stereocenters. The maximum absolute atomic E-state index is 5.46. The molecule has 1 aliphatic carbocycles. The van der Waals surface area contributed by atoms with Crippen LogP contribution >= 0.6 is 0 Å². The molecule has 54 valence electrons. The molecule has 0 aliphatic heterocycles. The summed E-state index contributed by atoms with van der Waals surface area (Å²) in [5, 5.41) is 3.20. The van der Waals surface area contributed by atoms with Gasteiger partial charge < -0.3 is 11.1 Å². The Bertz CT molecular complexity index is 78.9. The largest absolute Gasteiger partial charge is 0.330 e. The molecule has 0 heterocycles. The lowest BCUT2D eigenvalue weighted by atomic mass is 10.0. The lowest BCUT2D eigenvalue weighted by molar-refractivity contribution is 0.450. The molecule has 1 aliphatic rings. The molecule has 0 aromatic rings. The van der Waals surface area contributed by atoms with Gasteiger partial charge in [-0.2, -0.15) is 0 Å². The predicted molar refractivity (Wildman–Crippen MR) is 39.3 cm³/mol. The second-order valence-corrected chi connectivity index (χ2v) is 3.07. The van der Waals surface area contributed by atoms with Crippen molar-refractivity contribution in [3.05, 3.63) is 0 Å². The Morgan fingerprint density at radius 2 is 2.22 bits per heavy atom. The van der Waals surface area contributed by atoms with Crippen molar-refractivity contribution in [2.45, 2.75) is 19.3 Å². The van der Waals surface area contributed by atoms with Gasteiger partial charge in [-0.15, -0.1) is 0 Å². The van der Waals surface area contributed by atoms with Crippen LogP contribution < -0.4 is 11.1 Å². The topological polar surface area (TPSA) is 38.0 Å². The van der Waals surface area contributed by atoms with Gasteiger partial charge in [-0.1, -0.05) is 0 Å². The Labute approximate surface area is 56.8 Å². The van der Waals surface area contributed by atoms with E-state index < -0.39 is 0 Å². The van der Waals surface area contributed by atoms with Crippen LogP contribution in [0.5, 0.6) is 0 Å². The van der Waals surface area contributed by atoms with Crippen molar-refractivity contribution < 1.29 is 0 Å². The molecule has 1 saturated carbocycles. The first-order valence-corrected chi connectivity index (χ1v) is 3.68. The summed E-state index contributed by atoms with van der Waals surface area (Å²) in [7, 11) is 2.01. The average molecular weight is 128 g/mol. The van der Waals surface area contributed by atoms with Crippen molar-refractivity contribution in [1.82, 2.24) is 5.32 Å². The zero-order valence-electron chi connectivity index (χ0n) is 6.11. The maximum Gasteiger partial charge on any atom is 0.000528 e. The average Bonchev–Trinajstić information content (AvgIpc) is 2.51. The predicted octanol–water partition coefficient (Wildman–Crippen LogP) is 0.335. The first kappa shape index (κ1) is 7.03. The molecule has 1 rings (SSSR count). The highest BCUT2D eigenvalue weighted by Gasteiger charge is 2.40. The number of nitrogens with one attached hydrogen (secondary N) is 1. The van der Waals surface area contributed by atoms with Gasteiger partial charge in [-0.25, -0.2) is 0 Å². The number of rotatable bonds is 4. The Balaban J connectivity index is 2.17. The number of hydrogen-bond acceptors (Lipinski definition) is 2. The highest BCUT2D eigenvalue weighted by atomic mass is 14.8. The summed E-state index contributed by atoms with van der Waals surface area (Å²) in [5.74, 6) is 0. The smallest absolute Gasteiger partial charge is 0.000528 e. The number of hydrogen-bond donors (Lipinski definition) is 2. The lowest BCUT2D eigenvalue weighted by Gasteiger charge is -2.11. The molecule has 0 bridgehead atoms. The zero-order chi connectivity index (χ0) is 6.74. The summed E-state index contributed by atoms with van der Waals surface area (Å²) in [5.41, 5.74) is 6.07. The van der Waals surface area contributed by atoms with Gasteiger partial charge in [0, 0.05) is 6.54 Å². The van der Waals surface area contributed by atoms with E-state index in [1.807, 2.05) is 7.05 Å². The number of nitrogens with two attached hydrogens (primary N) is 1. The molecular formula is C7H16N2. The lowest BCUT2D eigenvalue weighted by Crippen LogP contribution is -2.22. The highest BCUT2D eigenvalue weighted by molar-refractivity contribution is 4.94. The minimum Gasteiger partial charge on any atom is -0.330 e. The molecule has 0 saturated heterocycles. The quantitative estimate of drug-likeness (QED) is 0.573. The molecule has 9 heavy (non-hydrogen) atoms. The van der Waals surface area contributed by atoms with E-state index in [9.17, 15) is 0 Å². The SMILES string of the molecule is CNCC1(CCN)CC1. The standard InChI is InChI=1S/C7H16N2/c1-9-6-7(2-3-7)4-5-8/h9H,2-6,8H2,1H3. The molecule has 0 aromatic carbocycles. The summed E-state index contributed by atoms with van der Waals surface area (Å²) in [6, 6.07) is 0. The van der Waals surface area contributed by atoms with E-state index in [4.69, 9.17) is 5.73 Å². The van der Waals surface area contributed by atoms with Crippen molar-refractivity contribution in [3.63, 3.8) is 0 Å². The van der Waals surface area contributed by atoms with Crippen molar-refractivity contribution in [2.24, 2.45) is 11.1 Å². The minimum atomic E-state index is 0.615. The fourth-order valence-corrected chi connectivity index (χ4v) is 1.37. The van der Waals surface area contributed by atoms with Crippen LogP contribution in [-0.2, 0) is 0 Å². The normalized spacial score (nSPS) is 22.0. The van der Waals surface area contributed by atoms with Gasteiger partial charge >= 0.3 is 0 Å². The van der Waals surface area contributed by atoms with E-state index in [0.29, 0.717) is 5.41 Å². The van der Waals surface area contributed by atoms with Crippen LogP contribution in [0.25, 0.3) is 0 Å². The molecule has 0 spiro atoms. The molecule has 2 heteroatoms. The van der Waals surface area contributed by atoms with E-state index in [1.54, 1.807) is 0 Å². The van der Waals surface area contributed by atoms with Gasteiger partial charge in [0.25, 0.3) is 0 Å². The van der Waals surface area contributed by atoms with Crippen LogP contribution in [0.2, 0.25) is 0 Å². The third-order valence-electron chi connectivity index (χ3n) is 2.18. The third kappa shape index (κ3) is 1.66. The molecule has 0 aromatic heterocycles. The minimum absolute atomic E-state index is 0.615. The Kier molecular flexibility index (Phi) is 2.09. The monoisotopic (exact) mass is 128 g/mol. The summed E-state index contributed by atoms with van der Waals surface area (Å²) in [6.45, 7) is 2.01. The van der Waals surface area contributed by atoms with E-state index in [2.05, 4.69) is 5.32 Å². The fraction of sp³-hybridized carbons (Fsp3) is 1.00. The van der Waals surface area contributed by atoms with Crippen LogP contribution in [-0.4, -0.2) is 20.1 Å². The van der Waals surface area contributed by atoms with Gasteiger partial charge in [0.1, 0.15) is 0 Å². The van der Waals surface area contributed by atoms with Gasteiger partial charge in [0.2, 0.25) is 0 Å². The Hall–Kier alpha value is -0.0800. The first-order valence-electron chi connectivity index (χ1n) is 3.68. The van der Waals surface area contributed by atoms with Crippen LogP contribution in [0.1, 0.15) is 19.3 Å². The molecule has 0 radical (unpaired) electrons. The molecule has 1 fully saturated rings. The van der Waals surface area contributed by atoms with Crippen molar-refractivity contribution in [1.29, 1.82) is 0 Å². The van der Waals surface area contributed by atoms with Gasteiger partial charge in [0.15, 0.2) is 0 Å². The van der Waals surface area contributed by atoms with Crippen LogP contribution in [0, 0.1) is 5.41 Å². The Morgan fingerprint density at radius 3 is 2.56 bits per heavy atom. The third-order valence-corrected chi connectivity index (χ3v) is 2.18. The molecular weight excluding hydrogens is 112 g/mol. The van der Waals surface area contributed by atoms with Crippen LogP contribution in [0.4, 0.5) is 0 Å². The van der Waals surface area contributed by atoms with E-state index in [-0.39, 0.29) is 0 Å². The van der Waals surface area contributed by atoms with Crippen LogP contribution in [0.3, 0.4) is 0 Å². The summed E-state index contributed by atoms with van der Waals surface area (Å²) < 4.78 is 0. The van der Waals surface area contributed by atoms with E-state index in [0.717, 1.165) is 13.1 Å². The maximum atomic E-state index is 5.46. The van der Waals surface area contributed by atoms with Gasteiger partial charge in [-0.3, -0.25) is 0 Å². The van der Waals surface area contributed by atoms with Crippen molar-refractivity contribution in [3.8, 4) is 0 Å². The second-order valence-electron chi connectivity index (χ2n) is 3.07.